The molecule has 0 saturated carbocycles. The predicted octanol–water partition coefficient (Wildman–Crippen LogP) is 6.05. The molecule has 0 aliphatic heterocycles. The number of amides is 1. The Morgan fingerprint density at radius 1 is 1.00 bits per heavy atom. The lowest BCUT2D eigenvalue weighted by molar-refractivity contribution is -0.137. The summed E-state index contributed by atoms with van der Waals surface area (Å²) in [7, 11) is -4.61. The molecule has 186 valence electrons. The quantitative estimate of drug-likeness (QED) is 0.274. The lowest BCUT2D eigenvalue weighted by Crippen LogP contribution is -2.38. The molecule has 0 radical (unpaired) electrons. The van der Waals surface area contributed by atoms with Crippen LogP contribution in [0.5, 0.6) is 5.75 Å². The van der Waals surface area contributed by atoms with E-state index in [2.05, 4.69) is 0 Å². The molecule has 0 N–H and O–H groups in total. The fourth-order valence-corrected chi connectivity index (χ4v) is 4.34. The van der Waals surface area contributed by atoms with Crippen LogP contribution in [-0.4, -0.2) is 25.3 Å². The van der Waals surface area contributed by atoms with Gasteiger partial charge < -0.3 is 9.08 Å². The van der Waals surface area contributed by atoms with Gasteiger partial charge in [-0.05, 0) is 55.8 Å². The molecular weight excluding hydrogens is 486 g/mol. The van der Waals surface area contributed by atoms with Crippen LogP contribution in [0.1, 0.15) is 41.8 Å². The van der Waals surface area contributed by atoms with Gasteiger partial charge in [0.05, 0.1) is 5.56 Å². The van der Waals surface area contributed by atoms with Gasteiger partial charge in [0.25, 0.3) is 5.91 Å². The van der Waals surface area contributed by atoms with E-state index in [4.69, 9.17) is 4.18 Å². The maximum atomic E-state index is 13.7. The number of carbonyl (C=O) groups is 1. The van der Waals surface area contributed by atoms with Crippen LogP contribution in [0.4, 0.5) is 17.6 Å². The first-order chi connectivity index (χ1) is 16.4. The molecule has 0 aromatic heterocycles. The molecule has 0 spiro atoms. The first-order valence-corrected chi connectivity index (χ1v) is 12.1. The van der Waals surface area contributed by atoms with Crippen molar-refractivity contribution in [3.63, 3.8) is 0 Å². The van der Waals surface area contributed by atoms with Gasteiger partial charge in [-0.1, -0.05) is 37.3 Å². The summed E-state index contributed by atoms with van der Waals surface area (Å²) in [6.07, 6.45) is -4.16. The van der Waals surface area contributed by atoms with E-state index in [1.807, 2.05) is 6.92 Å². The predicted molar refractivity (Wildman–Crippen MR) is 122 cm³/mol. The van der Waals surface area contributed by atoms with E-state index < -0.39 is 38.5 Å². The van der Waals surface area contributed by atoms with E-state index in [1.165, 1.54) is 35.2 Å². The molecule has 0 aliphatic rings. The highest BCUT2D eigenvalue weighted by molar-refractivity contribution is 7.87. The third-order valence-corrected chi connectivity index (χ3v) is 6.65. The first kappa shape index (κ1) is 26.2. The number of hydrogen-bond donors (Lipinski definition) is 0. The molecule has 0 bridgehead atoms. The molecule has 35 heavy (non-hydrogen) atoms. The molecule has 3 aromatic rings. The molecule has 0 saturated heterocycles. The van der Waals surface area contributed by atoms with Crippen molar-refractivity contribution in [3.05, 3.63) is 95.3 Å². The Bertz CT molecular complexity index is 1310. The molecular formula is C25H23F4NO4S. The summed E-state index contributed by atoms with van der Waals surface area (Å²) in [6.45, 7) is 3.58. The van der Waals surface area contributed by atoms with Gasteiger partial charge in [0, 0.05) is 23.7 Å². The lowest BCUT2D eigenvalue weighted by Gasteiger charge is -2.29. The summed E-state index contributed by atoms with van der Waals surface area (Å²) in [4.78, 5) is 13.9. The van der Waals surface area contributed by atoms with E-state index in [-0.39, 0.29) is 23.9 Å². The molecule has 1 amide bonds. The monoisotopic (exact) mass is 509 g/mol. The summed E-state index contributed by atoms with van der Waals surface area (Å²) in [5.74, 6) is -1.17. The van der Waals surface area contributed by atoms with Gasteiger partial charge in [0.1, 0.15) is 16.5 Å². The highest BCUT2D eigenvalue weighted by Crippen LogP contribution is 2.32. The van der Waals surface area contributed by atoms with Crippen molar-refractivity contribution >= 4 is 16.0 Å². The van der Waals surface area contributed by atoms with Crippen molar-refractivity contribution in [2.24, 2.45) is 0 Å². The fraction of sp³-hybridized carbons (Fsp3) is 0.240. The van der Waals surface area contributed by atoms with Crippen molar-refractivity contribution < 1.29 is 35.0 Å². The molecule has 5 nitrogen and oxygen atoms in total. The van der Waals surface area contributed by atoms with Crippen LogP contribution in [0.25, 0.3) is 0 Å². The summed E-state index contributed by atoms with van der Waals surface area (Å²) in [5, 5.41) is 0. The molecule has 0 fully saturated rings. The van der Waals surface area contributed by atoms with Crippen LogP contribution >= 0.6 is 0 Å². The zero-order valence-electron chi connectivity index (χ0n) is 18.9. The number of benzene rings is 3. The molecule has 3 aromatic carbocycles. The largest absolute Gasteiger partial charge is 0.416 e. The second-order valence-corrected chi connectivity index (χ2v) is 9.42. The summed E-state index contributed by atoms with van der Waals surface area (Å²) < 4.78 is 83.6. The van der Waals surface area contributed by atoms with Gasteiger partial charge in [-0.3, -0.25) is 4.79 Å². The van der Waals surface area contributed by atoms with Crippen LogP contribution < -0.4 is 4.18 Å². The van der Waals surface area contributed by atoms with Crippen LogP contribution in [0.15, 0.2) is 77.7 Å². The topological polar surface area (TPSA) is 63.7 Å². The Morgan fingerprint density at radius 3 is 2.34 bits per heavy atom. The van der Waals surface area contributed by atoms with Crippen molar-refractivity contribution in [2.75, 3.05) is 0 Å². The number of rotatable bonds is 8. The Balaban J connectivity index is 1.93. The van der Waals surface area contributed by atoms with Gasteiger partial charge in [-0.25, -0.2) is 4.39 Å². The average Bonchev–Trinajstić information content (AvgIpc) is 2.82. The van der Waals surface area contributed by atoms with Crippen molar-refractivity contribution in [3.8, 4) is 5.75 Å². The van der Waals surface area contributed by atoms with Gasteiger partial charge in [0.2, 0.25) is 0 Å². The first-order valence-electron chi connectivity index (χ1n) is 10.7. The zero-order valence-corrected chi connectivity index (χ0v) is 19.7. The molecule has 0 unspecified atom stereocenters. The van der Waals surface area contributed by atoms with E-state index in [0.717, 1.165) is 24.3 Å². The molecule has 10 heteroatoms. The number of hydrogen-bond acceptors (Lipinski definition) is 4. The second-order valence-electron chi connectivity index (χ2n) is 7.87. The number of carbonyl (C=O) groups excluding carboxylic acids is 1. The van der Waals surface area contributed by atoms with Crippen LogP contribution in [0, 0.1) is 5.82 Å². The van der Waals surface area contributed by atoms with Crippen molar-refractivity contribution in [1.82, 2.24) is 4.90 Å². The minimum Gasteiger partial charge on any atom is -0.379 e. The van der Waals surface area contributed by atoms with Crippen LogP contribution in [0.2, 0.25) is 0 Å². The highest BCUT2D eigenvalue weighted by atomic mass is 32.2. The molecule has 0 aliphatic carbocycles. The third-order valence-electron chi connectivity index (χ3n) is 5.42. The van der Waals surface area contributed by atoms with E-state index >= 15 is 0 Å². The standard InChI is InChI=1S/C25H23F4NO4S/c1-3-17(2)30(24(31)18-9-6-11-21(26)14-18)16-19-8-4-5-13-23(19)34-35(32,33)22-12-7-10-20(15-22)25(27,28)29/h4-15,17H,3,16H2,1-2H3/t17-/m1/s1. The minimum atomic E-state index is -4.72. The maximum Gasteiger partial charge on any atom is 0.416 e. The van der Waals surface area contributed by atoms with E-state index in [0.29, 0.717) is 18.1 Å². The number of para-hydroxylation sites is 1. The SMILES string of the molecule is CC[C@@H](C)N(Cc1ccccc1OS(=O)(=O)c1cccc(C(F)(F)F)c1)C(=O)c1cccc(F)c1. The Hall–Kier alpha value is -3.40. The Labute approximate surface area is 201 Å². The minimum absolute atomic E-state index is 0.0708. The molecule has 0 heterocycles. The van der Waals surface area contributed by atoms with Gasteiger partial charge in [-0.15, -0.1) is 0 Å². The Kier molecular flexibility index (Phi) is 7.84. The molecule has 1 atom stereocenters. The second kappa shape index (κ2) is 10.5. The number of nitrogens with zero attached hydrogens (tertiary/aromatic N) is 1. The molecule has 3 rings (SSSR count). The number of alkyl halides is 3. The maximum absolute atomic E-state index is 13.7. The van der Waals surface area contributed by atoms with Crippen molar-refractivity contribution in [1.29, 1.82) is 0 Å². The third kappa shape index (κ3) is 6.39. The zero-order chi connectivity index (χ0) is 25.8. The smallest absolute Gasteiger partial charge is 0.379 e. The van der Waals surface area contributed by atoms with Crippen molar-refractivity contribution in [2.45, 2.75) is 43.9 Å². The normalized spacial score (nSPS) is 12.7. The highest BCUT2D eigenvalue weighted by Gasteiger charge is 2.32. The lowest BCUT2D eigenvalue weighted by atomic mass is 10.1. The Morgan fingerprint density at radius 2 is 1.69 bits per heavy atom. The number of halogens is 4. The summed E-state index contributed by atoms with van der Waals surface area (Å²) >= 11 is 0. The van der Waals surface area contributed by atoms with Crippen LogP contribution in [-0.2, 0) is 22.8 Å². The summed E-state index contributed by atoms with van der Waals surface area (Å²) in [6, 6.07) is 14.2. The van der Waals surface area contributed by atoms with Gasteiger partial charge >= 0.3 is 16.3 Å². The van der Waals surface area contributed by atoms with Gasteiger partial charge in [0.15, 0.2) is 0 Å². The van der Waals surface area contributed by atoms with Crippen LogP contribution in [0.3, 0.4) is 0 Å². The average molecular weight is 510 g/mol. The van der Waals surface area contributed by atoms with E-state index in [1.54, 1.807) is 19.1 Å². The van der Waals surface area contributed by atoms with Gasteiger partial charge in [-0.2, -0.15) is 21.6 Å². The summed E-state index contributed by atoms with van der Waals surface area (Å²) in [5.41, 5.74) is -0.688. The van der Waals surface area contributed by atoms with E-state index in [9.17, 15) is 30.8 Å². The fourth-order valence-electron chi connectivity index (χ4n) is 3.33.